The molecule has 0 unspecified atom stereocenters. The third-order valence-corrected chi connectivity index (χ3v) is 1.94. The first-order chi connectivity index (χ1) is 6.86. The molecule has 0 fully saturated rings. The van der Waals surface area contributed by atoms with Crippen molar-refractivity contribution in [2.24, 2.45) is 0 Å². The van der Waals surface area contributed by atoms with Crippen LogP contribution in [0.2, 0.25) is 0 Å². The van der Waals surface area contributed by atoms with Gasteiger partial charge in [0, 0.05) is 5.33 Å². The summed E-state index contributed by atoms with van der Waals surface area (Å²) >= 11 is 3.28. The topological polar surface area (TPSA) is 13.6 Å². The Morgan fingerprint density at radius 1 is 1.29 bits per heavy atom. The molecule has 14 heavy (non-hydrogen) atoms. The third kappa shape index (κ3) is 3.63. The molecule has 1 aromatic rings. The number of alkyl halides is 1. The second-order valence-electron chi connectivity index (χ2n) is 2.54. The van der Waals surface area contributed by atoms with E-state index < -0.39 is 0 Å². The van der Waals surface area contributed by atoms with Crippen molar-refractivity contribution in [3.63, 3.8) is 0 Å². The molecular formula is C11H10BrNO. The molecule has 72 valence electrons. The van der Waals surface area contributed by atoms with E-state index >= 15 is 0 Å². The fourth-order valence-corrected chi connectivity index (χ4v) is 1.16. The summed E-state index contributed by atoms with van der Waals surface area (Å²) in [6, 6.07) is 7.10. The molecule has 0 heterocycles. The van der Waals surface area contributed by atoms with Crippen LogP contribution in [0.4, 0.5) is 5.69 Å². The van der Waals surface area contributed by atoms with Gasteiger partial charge in [0.15, 0.2) is 5.69 Å². The van der Waals surface area contributed by atoms with Crippen LogP contribution in [0.3, 0.4) is 0 Å². The Morgan fingerprint density at radius 2 is 2.00 bits per heavy atom. The van der Waals surface area contributed by atoms with Crippen LogP contribution in [0.25, 0.3) is 4.85 Å². The first kappa shape index (κ1) is 10.8. The fourth-order valence-electron chi connectivity index (χ4n) is 0.892. The van der Waals surface area contributed by atoms with E-state index in [-0.39, 0.29) is 0 Å². The van der Waals surface area contributed by atoms with Crippen molar-refractivity contribution in [3.05, 3.63) is 47.8 Å². The second kappa shape index (κ2) is 6.22. The molecular weight excluding hydrogens is 242 g/mol. The van der Waals surface area contributed by atoms with Gasteiger partial charge in [0.05, 0.1) is 6.57 Å². The van der Waals surface area contributed by atoms with Crippen molar-refractivity contribution < 1.29 is 4.74 Å². The van der Waals surface area contributed by atoms with Crippen LogP contribution in [0, 0.1) is 6.57 Å². The lowest BCUT2D eigenvalue weighted by molar-refractivity contribution is 0.363. The number of benzene rings is 1. The maximum absolute atomic E-state index is 6.77. The number of hydrogen-bond acceptors (Lipinski definition) is 1. The third-order valence-electron chi connectivity index (χ3n) is 1.57. The van der Waals surface area contributed by atoms with Crippen LogP contribution in [0.15, 0.2) is 36.4 Å². The van der Waals surface area contributed by atoms with Gasteiger partial charge in [-0.05, 0) is 12.1 Å². The monoisotopic (exact) mass is 251 g/mol. The van der Waals surface area contributed by atoms with Crippen LogP contribution >= 0.6 is 15.9 Å². The molecule has 2 nitrogen and oxygen atoms in total. The van der Waals surface area contributed by atoms with Gasteiger partial charge in [-0.3, -0.25) is 0 Å². The Labute approximate surface area is 92.2 Å². The fraction of sp³-hybridized carbons (Fsp3) is 0.182. The van der Waals surface area contributed by atoms with Crippen molar-refractivity contribution in [1.82, 2.24) is 0 Å². The summed E-state index contributed by atoms with van der Waals surface area (Å²) in [6.45, 7) is 7.33. The van der Waals surface area contributed by atoms with Gasteiger partial charge in [0.1, 0.15) is 12.4 Å². The van der Waals surface area contributed by atoms with Crippen molar-refractivity contribution in [2.75, 3.05) is 11.9 Å². The minimum absolute atomic E-state index is 0.558. The minimum atomic E-state index is 0.558. The summed E-state index contributed by atoms with van der Waals surface area (Å²) in [5.74, 6) is 0.789. The van der Waals surface area contributed by atoms with Crippen LogP contribution < -0.4 is 4.74 Å². The van der Waals surface area contributed by atoms with Crippen LogP contribution in [0.5, 0.6) is 5.75 Å². The molecule has 0 aromatic heterocycles. The molecule has 3 heteroatoms. The molecule has 1 rings (SSSR count). The van der Waals surface area contributed by atoms with Crippen molar-refractivity contribution in [2.45, 2.75) is 0 Å². The number of hydrogen-bond donors (Lipinski definition) is 0. The molecule has 0 saturated heterocycles. The maximum atomic E-state index is 6.77. The quantitative estimate of drug-likeness (QED) is 0.453. The lowest BCUT2D eigenvalue weighted by atomic mass is 10.3. The minimum Gasteiger partial charge on any atom is -0.490 e. The van der Waals surface area contributed by atoms with Gasteiger partial charge in [-0.25, -0.2) is 4.85 Å². The summed E-state index contributed by atoms with van der Waals surface area (Å²) in [7, 11) is 0. The largest absolute Gasteiger partial charge is 0.490 e. The molecule has 0 saturated carbocycles. The average Bonchev–Trinajstić information content (AvgIpc) is 2.25. The normalized spacial score (nSPS) is 10.0. The summed E-state index contributed by atoms with van der Waals surface area (Å²) in [5, 5.41) is 0.840. The Balaban J connectivity index is 2.45. The summed E-state index contributed by atoms with van der Waals surface area (Å²) < 4.78 is 5.40. The zero-order valence-electron chi connectivity index (χ0n) is 7.61. The Bertz CT molecular complexity index is 337. The van der Waals surface area contributed by atoms with Gasteiger partial charge in [-0.15, -0.1) is 0 Å². The van der Waals surface area contributed by atoms with Gasteiger partial charge >= 0.3 is 0 Å². The highest BCUT2D eigenvalue weighted by Gasteiger charge is 1.92. The number of allylic oxidation sites excluding steroid dienone is 1. The summed E-state index contributed by atoms with van der Waals surface area (Å²) in [4.78, 5) is 3.30. The van der Waals surface area contributed by atoms with E-state index in [1.54, 1.807) is 24.3 Å². The molecule has 0 bridgehead atoms. The Kier molecular flexibility index (Phi) is 4.81. The smallest absolute Gasteiger partial charge is 0.187 e. The van der Waals surface area contributed by atoms with Crippen molar-refractivity contribution in [1.29, 1.82) is 0 Å². The van der Waals surface area contributed by atoms with Gasteiger partial charge in [0.25, 0.3) is 0 Å². The van der Waals surface area contributed by atoms with E-state index in [9.17, 15) is 0 Å². The highest BCUT2D eigenvalue weighted by molar-refractivity contribution is 9.09. The Morgan fingerprint density at radius 3 is 2.57 bits per heavy atom. The average molecular weight is 252 g/mol. The molecule has 0 N–H and O–H groups in total. The van der Waals surface area contributed by atoms with Crippen LogP contribution in [0.1, 0.15) is 0 Å². The van der Waals surface area contributed by atoms with E-state index in [0.29, 0.717) is 12.3 Å². The summed E-state index contributed by atoms with van der Waals surface area (Å²) in [5.41, 5.74) is 0.633. The highest BCUT2D eigenvalue weighted by atomic mass is 79.9. The lowest BCUT2D eigenvalue weighted by Gasteiger charge is -2.01. The predicted molar refractivity (Wildman–Crippen MR) is 61.1 cm³/mol. The number of rotatable bonds is 4. The standard InChI is InChI=1S/C11H10BrNO/c1-13-10-4-6-11(7-5-10)14-9-3-2-8-12/h2-7H,8-9H2/b3-2+. The molecule has 0 aliphatic rings. The number of halogens is 1. The van der Waals surface area contributed by atoms with Crippen molar-refractivity contribution >= 4 is 21.6 Å². The number of nitrogens with zero attached hydrogens (tertiary/aromatic N) is 1. The molecule has 0 aliphatic heterocycles. The molecule has 1 aromatic carbocycles. The maximum Gasteiger partial charge on any atom is 0.187 e. The summed E-state index contributed by atoms with van der Waals surface area (Å²) in [6.07, 6.45) is 3.92. The first-order valence-corrected chi connectivity index (χ1v) is 5.30. The molecule has 0 spiro atoms. The van der Waals surface area contributed by atoms with E-state index in [1.807, 2.05) is 12.2 Å². The van der Waals surface area contributed by atoms with Crippen LogP contribution in [-0.2, 0) is 0 Å². The zero-order chi connectivity index (χ0) is 10.2. The Hall–Kier alpha value is -1.27. The van der Waals surface area contributed by atoms with E-state index in [0.717, 1.165) is 11.1 Å². The predicted octanol–water partition coefficient (Wildman–Crippen LogP) is 3.57. The highest BCUT2D eigenvalue weighted by Crippen LogP contribution is 2.17. The van der Waals surface area contributed by atoms with Gasteiger partial charge in [-0.2, -0.15) is 0 Å². The van der Waals surface area contributed by atoms with Crippen molar-refractivity contribution in [3.8, 4) is 5.75 Å². The second-order valence-corrected chi connectivity index (χ2v) is 3.19. The first-order valence-electron chi connectivity index (χ1n) is 4.18. The lowest BCUT2D eigenvalue weighted by Crippen LogP contribution is -1.92. The molecule has 0 radical (unpaired) electrons. The van der Waals surface area contributed by atoms with E-state index in [4.69, 9.17) is 11.3 Å². The number of ether oxygens (including phenoxy) is 1. The molecule has 0 atom stereocenters. The van der Waals surface area contributed by atoms with Gasteiger partial charge in [0.2, 0.25) is 0 Å². The van der Waals surface area contributed by atoms with E-state index in [1.165, 1.54) is 0 Å². The van der Waals surface area contributed by atoms with Gasteiger partial charge < -0.3 is 4.74 Å². The molecule has 0 amide bonds. The SMILES string of the molecule is [C-]#[N+]c1ccc(OC/C=C/CBr)cc1. The van der Waals surface area contributed by atoms with E-state index in [2.05, 4.69) is 20.8 Å². The zero-order valence-corrected chi connectivity index (χ0v) is 9.20. The molecule has 0 aliphatic carbocycles. The van der Waals surface area contributed by atoms with Gasteiger partial charge in [-0.1, -0.05) is 40.2 Å². The van der Waals surface area contributed by atoms with Crippen LogP contribution in [-0.4, -0.2) is 11.9 Å².